The Kier molecular flexibility index (Phi) is 6.81. The van der Waals surface area contributed by atoms with Crippen molar-refractivity contribution in [1.82, 2.24) is 5.32 Å². The molecule has 0 saturated carbocycles. The molecule has 11 heteroatoms. The van der Waals surface area contributed by atoms with E-state index in [4.69, 9.17) is 16.3 Å². The van der Waals surface area contributed by atoms with Crippen molar-refractivity contribution in [2.75, 3.05) is 11.9 Å². The molecule has 0 spiro atoms. The molecule has 2 amide bonds. The van der Waals surface area contributed by atoms with Crippen LogP contribution in [0.1, 0.15) is 16.6 Å². The Hall–Kier alpha value is -2.59. The van der Waals surface area contributed by atoms with Gasteiger partial charge in [0, 0.05) is 0 Å². The van der Waals surface area contributed by atoms with Crippen LogP contribution in [-0.2, 0) is 14.3 Å². The van der Waals surface area contributed by atoms with E-state index in [1.54, 1.807) is 0 Å². The summed E-state index contributed by atoms with van der Waals surface area (Å²) in [5.74, 6) is -7.13. The molecule has 6 nitrogen and oxygen atoms in total. The zero-order chi connectivity index (χ0) is 20.1. The van der Waals surface area contributed by atoms with Gasteiger partial charge in [0.15, 0.2) is 23.6 Å². The molecule has 0 fully saturated rings. The Morgan fingerprint density at radius 1 is 1.15 bits per heavy atom. The molecule has 2 aromatic rings. The Bertz CT molecular complexity index is 891. The van der Waals surface area contributed by atoms with Crippen LogP contribution in [0.4, 0.5) is 18.9 Å². The van der Waals surface area contributed by atoms with Gasteiger partial charge in [-0.1, -0.05) is 11.6 Å². The van der Waals surface area contributed by atoms with E-state index in [0.717, 1.165) is 17.4 Å². The number of esters is 1. The van der Waals surface area contributed by atoms with Crippen LogP contribution in [0.3, 0.4) is 0 Å². The quantitative estimate of drug-likeness (QED) is 0.555. The zero-order valence-corrected chi connectivity index (χ0v) is 15.2. The average molecular weight is 421 g/mol. The standard InChI is InChI=1S/C16H12ClF3N2O4S/c1-7(26-16(25)10-4-5-11(17)27-10)15(24)21-6-12(23)22-9-3-2-8(18)13(19)14(9)20/h2-5,7H,6H2,1H3,(H,21,24)(H,22,23). The normalized spacial score (nSPS) is 11.6. The molecule has 0 aliphatic carbocycles. The molecule has 144 valence electrons. The number of carbonyl (C=O) groups is 3. The SMILES string of the molecule is CC(OC(=O)c1ccc(Cl)s1)C(=O)NCC(=O)Nc1ccc(F)c(F)c1F. The fourth-order valence-corrected chi connectivity index (χ4v) is 2.75. The zero-order valence-electron chi connectivity index (χ0n) is 13.6. The number of anilines is 1. The minimum Gasteiger partial charge on any atom is -0.448 e. The van der Waals surface area contributed by atoms with Gasteiger partial charge in [0.2, 0.25) is 5.91 Å². The lowest BCUT2D eigenvalue weighted by molar-refractivity contribution is -0.130. The third kappa shape index (κ3) is 5.44. The highest BCUT2D eigenvalue weighted by molar-refractivity contribution is 7.17. The van der Waals surface area contributed by atoms with Crippen LogP contribution in [0.2, 0.25) is 4.34 Å². The second-order valence-electron chi connectivity index (χ2n) is 5.14. The number of hydrogen-bond acceptors (Lipinski definition) is 5. The highest BCUT2D eigenvalue weighted by Crippen LogP contribution is 2.22. The number of benzene rings is 1. The van der Waals surface area contributed by atoms with Crippen molar-refractivity contribution in [1.29, 1.82) is 0 Å². The molecule has 1 aromatic carbocycles. The second kappa shape index (κ2) is 8.87. The largest absolute Gasteiger partial charge is 0.448 e. The predicted octanol–water partition coefficient (Wildman–Crippen LogP) is 3.12. The molecule has 0 saturated heterocycles. The number of amides is 2. The third-order valence-electron chi connectivity index (χ3n) is 3.16. The minimum atomic E-state index is -1.73. The summed E-state index contributed by atoms with van der Waals surface area (Å²) < 4.78 is 44.7. The molecule has 0 aliphatic rings. The van der Waals surface area contributed by atoms with Crippen LogP contribution in [0.5, 0.6) is 0 Å². The Labute approximate surface area is 160 Å². The third-order valence-corrected chi connectivity index (χ3v) is 4.37. The second-order valence-corrected chi connectivity index (χ2v) is 6.86. The van der Waals surface area contributed by atoms with Crippen molar-refractivity contribution < 1.29 is 32.3 Å². The summed E-state index contributed by atoms with van der Waals surface area (Å²) >= 11 is 6.67. The Morgan fingerprint density at radius 2 is 1.85 bits per heavy atom. The van der Waals surface area contributed by atoms with Crippen molar-refractivity contribution in [3.63, 3.8) is 0 Å². The first-order chi connectivity index (χ1) is 12.7. The van der Waals surface area contributed by atoms with E-state index < -0.39 is 53.6 Å². The topological polar surface area (TPSA) is 84.5 Å². The lowest BCUT2D eigenvalue weighted by Gasteiger charge is -2.13. The van der Waals surface area contributed by atoms with Crippen molar-refractivity contribution in [2.24, 2.45) is 0 Å². The number of carbonyl (C=O) groups excluding carboxylic acids is 3. The van der Waals surface area contributed by atoms with Gasteiger partial charge in [-0.15, -0.1) is 11.3 Å². The van der Waals surface area contributed by atoms with Crippen LogP contribution in [0, 0.1) is 17.5 Å². The Morgan fingerprint density at radius 3 is 2.48 bits per heavy atom. The molecule has 1 unspecified atom stereocenters. The maximum absolute atomic E-state index is 13.5. The monoisotopic (exact) mass is 420 g/mol. The molecule has 0 radical (unpaired) electrons. The fourth-order valence-electron chi connectivity index (χ4n) is 1.82. The first-order valence-electron chi connectivity index (χ1n) is 7.36. The van der Waals surface area contributed by atoms with Crippen molar-refractivity contribution in [2.45, 2.75) is 13.0 Å². The lowest BCUT2D eigenvalue weighted by atomic mass is 10.2. The van der Waals surface area contributed by atoms with Crippen molar-refractivity contribution >= 4 is 46.4 Å². The van der Waals surface area contributed by atoms with E-state index in [-0.39, 0.29) is 4.88 Å². The summed E-state index contributed by atoms with van der Waals surface area (Å²) in [6.07, 6.45) is -1.22. The molecule has 1 heterocycles. The molecular formula is C16H12ClF3N2O4S. The molecule has 0 bridgehead atoms. The van der Waals surface area contributed by atoms with Gasteiger partial charge in [0.25, 0.3) is 5.91 Å². The van der Waals surface area contributed by atoms with Crippen LogP contribution in [0.15, 0.2) is 24.3 Å². The predicted molar refractivity (Wildman–Crippen MR) is 92.2 cm³/mol. The van der Waals surface area contributed by atoms with Gasteiger partial charge in [0.05, 0.1) is 16.6 Å². The average Bonchev–Trinajstić information content (AvgIpc) is 3.06. The first kappa shape index (κ1) is 20.7. The van der Waals surface area contributed by atoms with Crippen LogP contribution >= 0.6 is 22.9 Å². The van der Waals surface area contributed by atoms with E-state index in [0.29, 0.717) is 10.4 Å². The molecule has 1 atom stereocenters. The summed E-state index contributed by atoms with van der Waals surface area (Å²) in [5, 5.41) is 4.15. The highest BCUT2D eigenvalue weighted by atomic mass is 35.5. The summed E-state index contributed by atoms with van der Waals surface area (Å²) in [5.41, 5.74) is -0.581. The molecule has 0 aliphatic heterocycles. The van der Waals surface area contributed by atoms with E-state index in [2.05, 4.69) is 5.32 Å². The fraction of sp³-hybridized carbons (Fsp3) is 0.188. The maximum Gasteiger partial charge on any atom is 0.349 e. The van der Waals surface area contributed by atoms with Gasteiger partial charge in [-0.05, 0) is 31.2 Å². The number of nitrogens with one attached hydrogen (secondary N) is 2. The summed E-state index contributed by atoms with van der Waals surface area (Å²) in [6.45, 7) is 0.680. The summed E-state index contributed by atoms with van der Waals surface area (Å²) in [7, 11) is 0. The first-order valence-corrected chi connectivity index (χ1v) is 8.56. The van der Waals surface area contributed by atoms with Crippen molar-refractivity contribution in [3.05, 3.63) is 50.9 Å². The van der Waals surface area contributed by atoms with E-state index in [9.17, 15) is 27.6 Å². The molecule has 2 N–H and O–H groups in total. The van der Waals surface area contributed by atoms with Gasteiger partial charge in [0.1, 0.15) is 4.88 Å². The number of halogens is 4. The van der Waals surface area contributed by atoms with E-state index in [1.807, 2.05) is 5.32 Å². The van der Waals surface area contributed by atoms with Crippen molar-refractivity contribution in [3.8, 4) is 0 Å². The van der Waals surface area contributed by atoms with Crippen LogP contribution in [0.25, 0.3) is 0 Å². The molecule has 2 rings (SSSR count). The number of hydrogen-bond donors (Lipinski definition) is 2. The minimum absolute atomic E-state index is 0.200. The maximum atomic E-state index is 13.5. The highest BCUT2D eigenvalue weighted by Gasteiger charge is 2.21. The lowest BCUT2D eigenvalue weighted by Crippen LogP contribution is -2.40. The van der Waals surface area contributed by atoms with Gasteiger partial charge >= 0.3 is 5.97 Å². The molecule has 27 heavy (non-hydrogen) atoms. The number of thiophene rings is 1. The van der Waals surface area contributed by atoms with Gasteiger partial charge in [-0.2, -0.15) is 0 Å². The Balaban J connectivity index is 1.84. The number of rotatable bonds is 6. The van der Waals surface area contributed by atoms with E-state index in [1.165, 1.54) is 19.1 Å². The van der Waals surface area contributed by atoms with Gasteiger partial charge in [-0.3, -0.25) is 9.59 Å². The summed E-state index contributed by atoms with van der Waals surface area (Å²) in [4.78, 5) is 35.6. The van der Waals surface area contributed by atoms with Gasteiger partial charge in [-0.25, -0.2) is 18.0 Å². The van der Waals surface area contributed by atoms with Gasteiger partial charge < -0.3 is 15.4 Å². The molecular weight excluding hydrogens is 409 g/mol. The smallest absolute Gasteiger partial charge is 0.349 e. The summed E-state index contributed by atoms with van der Waals surface area (Å²) in [6, 6.07) is 4.41. The molecule has 1 aromatic heterocycles. The number of ether oxygens (including phenoxy) is 1. The van der Waals surface area contributed by atoms with Crippen LogP contribution < -0.4 is 10.6 Å². The van der Waals surface area contributed by atoms with Crippen LogP contribution in [-0.4, -0.2) is 30.4 Å². The van der Waals surface area contributed by atoms with E-state index >= 15 is 0 Å².